The molecule has 2 nitrogen and oxygen atoms in total. The molecule has 0 radical (unpaired) electrons. The molecule has 0 aliphatic heterocycles. The lowest BCUT2D eigenvalue weighted by Gasteiger charge is -2.25. The van der Waals surface area contributed by atoms with E-state index in [9.17, 15) is 4.79 Å². The lowest BCUT2D eigenvalue weighted by atomic mass is 9.84. The number of amides is 1. The topological polar surface area (TPSA) is 29.1 Å². The molecule has 88 valence electrons. The number of benzene rings is 1. The first-order valence-electron chi connectivity index (χ1n) is 5.30. The fourth-order valence-corrected chi connectivity index (χ4v) is 2.19. The van der Waals surface area contributed by atoms with Gasteiger partial charge in [-0.1, -0.05) is 38.4 Å². The monoisotopic (exact) mass is 239 g/mol. The van der Waals surface area contributed by atoms with E-state index in [2.05, 4.69) is 26.1 Å². The second-order valence-electron chi connectivity index (χ2n) is 5.05. The van der Waals surface area contributed by atoms with Crippen molar-refractivity contribution in [2.24, 2.45) is 0 Å². The Hall–Kier alpha value is -1.02. The summed E-state index contributed by atoms with van der Waals surface area (Å²) in [6, 6.07) is 3.80. The van der Waals surface area contributed by atoms with E-state index in [1.165, 1.54) is 6.92 Å². The van der Waals surface area contributed by atoms with Gasteiger partial charge in [0.2, 0.25) is 5.91 Å². The van der Waals surface area contributed by atoms with Crippen LogP contribution in [0, 0.1) is 6.92 Å². The van der Waals surface area contributed by atoms with Gasteiger partial charge in [-0.25, -0.2) is 0 Å². The number of carbonyl (C=O) groups is 1. The van der Waals surface area contributed by atoms with Crippen molar-refractivity contribution in [2.75, 3.05) is 5.32 Å². The molecule has 3 heteroatoms. The summed E-state index contributed by atoms with van der Waals surface area (Å²) < 4.78 is 0. The maximum atomic E-state index is 11.2. The van der Waals surface area contributed by atoms with E-state index >= 15 is 0 Å². The van der Waals surface area contributed by atoms with Crippen LogP contribution < -0.4 is 5.32 Å². The van der Waals surface area contributed by atoms with Gasteiger partial charge in [0, 0.05) is 17.6 Å². The summed E-state index contributed by atoms with van der Waals surface area (Å²) in [5.41, 5.74) is 2.77. The van der Waals surface area contributed by atoms with Crippen molar-refractivity contribution >= 4 is 23.2 Å². The van der Waals surface area contributed by atoms with Gasteiger partial charge in [0.15, 0.2) is 0 Å². The lowest BCUT2D eigenvalue weighted by molar-refractivity contribution is -0.114. The highest BCUT2D eigenvalue weighted by molar-refractivity contribution is 6.32. The molecule has 0 aliphatic carbocycles. The van der Waals surface area contributed by atoms with Crippen molar-refractivity contribution < 1.29 is 4.79 Å². The Morgan fingerprint density at radius 3 is 2.31 bits per heavy atom. The minimum Gasteiger partial charge on any atom is -0.326 e. The zero-order chi connectivity index (χ0) is 12.5. The maximum absolute atomic E-state index is 11.2. The number of rotatable bonds is 1. The van der Waals surface area contributed by atoms with Crippen LogP contribution in [0.5, 0.6) is 0 Å². The van der Waals surface area contributed by atoms with Gasteiger partial charge in [-0.3, -0.25) is 4.79 Å². The number of carbonyl (C=O) groups excluding carboxylic acids is 1. The predicted octanol–water partition coefficient (Wildman–Crippen LogP) is 3.90. The highest BCUT2D eigenvalue weighted by Crippen LogP contribution is 2.37. The van der Waals surface area contributed by atoms with Gasteiger partial charge in [0.05, 0.1) is 0 Å². The van der Waals surface area contributed by atoms with E-state index in [4.69, 9.17) is 11.6 Å². The fraction of sp³-hybridized carbons (Fsp3) is 0.462. The Balaban J connectivity index is 3.43. The van der Waals surface area contributed by atoms with E-state index in [0.717, 1.165) is 16.8 Å². The number of anilines is 1. The van der Waals surface area contributed by atoms with E-state index in [1.807, 2.05) is 19.1 Å². The van der Waals surface area contributed by atoms with Crippen molar-refractivity contribution in [3.05, 3.63) is 28.3 Å². The Morgan fingerprint density at radius 1 is 1.31 bits per heavy atom. The van der Waals surface area contributed by atoms with Crippen LogP contribution in [0.1, 0.15) is 38.8 Å². The standard InChI is InChI=1S/C13H18ClNO/c1-8-6-7-10(14)11(13(3,4)5)12(8)15-9(2)16/h6-7H,1-5H3,(H,15,16). The van der Waals surface area contributed by atoms with E-state index in [0.29, 0.717) is 5.02 Å². The first-order chi connectivity index (χ1) is 7.23. The zero-order valence-electron chi connectivity index (χ0n) is 10.4. The molecule has 1 aromatic carbocycles. The number of aryl methyl sites for hydroxylation is 1. The normalized spacial score (nSPS) is 11.4. The average molecular weight is 240 g/mol. The molecule has 0 unspecified atom stereocenters. The fourth-order valence-electron chi connectivity index (χ4n) is 1.75. The van der Waals surface area contributed by atoms with Crippen molar-refractivity contribution in [1.29, 1.82) is 0 Å². The first kappa shape index (κ1) is 13.0. The van der Waals surface area contributed by atoms with Gasteiger partial charge in [0.1, 0.15) is 0 Å². The van der Waals surface area contributed by atoms with Gasteiger partial charge < -0.3 is 5.32 Å². The number of halogens is 1. The molecule has 0 fully saturated rings. The highest BCUT2D eigenvalue weighted by atomic mass is 35.5. The number of hydrogen-bond acceptors (Lipinski definition) is 1. The second kappa shape index (κ2) is 4.46. The Labute approximate surface area is 102 Å². The molecular weight excluding hydrogens is 222 g/mol. The Kier molecular flexibility index (Phi) is 3.64. The maximum Gasteiger partial charge on any atom is 0.221 e. The van der Waals surface area contributed by atoms with Crippen molar-refractivity contribution in [3.8, 4) is 0 Å². The lowest BCUT2D eigenvalue weighted by Crippen LogP contribution is -2.18. The van der Waals surface area contributed by atoms with Crippen LogP contribution in [0.15, 0.2) is 12.1 Å². The summed E-state index contributed by atoms with van der Waals surface area (Å²) in [6.07, 6.45) is 0. The van der Waals surface area contributed by atoms with Crippen LogP contribution in [0.25, 0.3) is 0 Å². The van der Waals surface area contributed by atoms with Crippen molar-refractivity contribution in [3.63, 3.8) is 0 Å². The minimum atomic E-state index is -0.0963. The molecule has 0 bridgehead atoms. The van der Waals surface area contributed by atoms with E-state index in [-0.39, 0.29) is 11.3 Å². The summed E-state index contributed by atoms with van der Waals surface area (Å²) >= 11 is 6.22. The summed E-state index contributed by atoms with van der Waals surface area (Å²) in [6.45, 7) is 9.72. The molecule has 0 heterocycles. The largest absolute Gasteiger partial charge is 0.326 e. The molecule has 0 saturated carbocycles. The molecule has 0 spiro atoms. The molecule has 16 heavy (non-hydrogen) atoms. The van der Waals surface area contributed by atoms with Crippen LogP contribution in [-0.4, -0.2) is 5.91 Å². The van der Waals surface area contributed by atoms with Gasteiger partial charge in [0.25, 0.3) is 0 Å². The third-order valence-corrected chi connectivity index (χ3v) is 2.73. The first-order valence-corrected chi connectivity index (χ1v) is 5.68. The SMILES string of the molecule is CC(=O)Nc1c(C)ccc(Cl)c1C(C)(C)C. The molecule has 0 aliphatic rings. The van der Waals surface area contributed by atoms with Gasteiger partial charge >= 0.3 is 0 Å². The Bertz CT molecular complexity index is 419. The molecular formula is C13H18ClNO. The van der Waals surface area contributed by atoms with Gasteiger partial charge in [-0.15, -0.1) is 0 Å². The third-order valence-electron chi connectivity index (χ3n) is 2.41. The van der Waals surface area contributed by atoms with Crippen LogP contribution in [-0.2, 0) is 10.2 Å². The summed E-state index contributed by atoms with van der Waals surface area (Å²) in [5.74, 6) is -0.0733. The van der Waals surface area contributed by atoms with Crippen LogP contribution >= 0.6 is 11.6 Å². The highest BCUT2D eigenvalue weighted by Gasteiger charge is 2.23. The van der Waals surface area contributed by atoms with Crippen LogP contribution in [0.4, 0.5) is 5.69 Å². The smallest absolute Gasteiger partial charge is 0.221 e. The summed E-state index contributed by atoms with van der Waals surface area (Å²) in [7, 11) is 0. The Morgan fingerprint density at radius 2 is 1.88 bits per heavy atom. The molecule has 0 atom stereocenters. The van der Waals surface area contributed by atoms with E-state index in [1.54, 1.807) is 0 Å². The second-order valence-corrected chi connectivity index (χ2v) is 5.45. The van der Waals surface area contributed by atoms with Crippen molar-refractivity contribution in [1.82, 2.24) is 0 Å². The molecule has 1 rings (SSSR count). The number of hydrogen-bond donors (Lipinski definition) is 1. The average Bonchev–Trinajstić information content (AvgIpc) is 2.08. The quantitative estimate of drug-likeness (QED) is 0.791. The van der Waals surface area contributed by atoms with Crippen LogP contribution in [0.3, 0.4) is 0 Å². The summed E-state index contributed by atoms with van der Waals surface area (Å²) in [4.78, 5) is 11.2. The van der Waals surface area contributed by atoms with Crippen molar-refractivity contribution in [2.45, 2.75) is 40.0 Å². The van der Waals surface area contributed by atoms with Gasteiger partial charge in [-0.2, -0.15) is 0 Å². The van der Waals surface area contributed by atoms with Gasteiger partial charge in [-0.05, 0) is 29.5 Å². The zero-order valence-corrected chi connectivity index (χ0v) is 11.2. The summed E-state index contributed by atoms with van der Waals surface area (Å²) in [5, 5.41) is 3.56. The molecule has 0 aromatic heterocycles. The predicted molar refractivity (Wildman–Crippen MR) is 69.2 cm³/mol. The minimum absolute atomic E-state index is 0.0733. The number of nitrogens with one attached hydrogen (secondary N) is 1. The molecule has 1 N–H and O–H groups in total. The third kappa shape index (κ3) is 2.76. The molecule has 1 aromatic rings. The van der Waals surface area contributed by atoms with E-state index < -0.39 is 0 Å². The molecule has 1 amide bonds. The van der Waals surface area contributed by atoms with Crippen LogP contribution in [0.2, 0.25) is 5.02 Å². The molecule has 0 saturated heterocycles.